The van der Waals surface area contributed by atoms with Crippen molar-refractivity contribution in [3.8, 4) is 0 Å². The smallest absolute Gasteiger partial charge is 0.349 e. The lowest BCUT2D eigenvalue weighted by atomic mass is 10.7. The van der Waals surface area contributed by atoms with E-state index < -0.39 is 5.69 Å². The quantitative estimate of drug-likeness (QED) is 0.653. The first-order chi connectivity index (χ1) is 5.68. The summed E-state index contributed by atoms with van der Waals surface area (Å²) in [6, 6.07) is 0. The first-order valence-corrected chi connectivity index (χ1v) is 3.87. The van der Waals surface area contributed by atoms with Crippen molar-refractivity contribution in [2.45, 2.75) is 0 Å². The lowest BCUT2D eigenvalue weighted by Gasteiger charge is -1.94. The van der Waals surface area contributed by atoms with Gasteiger partial charge in [-0.15, -0.1) is 0 Å². The highest BCUT2D eigenvalue weighted by molar-refractivity contribution is 9.10. The van der Waals surface area contributed by atoms with Crippen LogP contribution < -0.4 is 11.4 Å². The number of anilines is 1. The second kappa shape index (κ2) is 2.31. The zero-order valence-electron chi connectivity index (χ0n) is 5.78. The second-order valence-corrected chi connectivity index (χ2v) is 3.01. The summed E-state index contributed by atoms with van der Waals surface area (Å²) in [5.74, 6) is 0.0689. The Morgan fingerprint density at radius 2 is 2.42 bits per heavy atom. The number of fused-ring (bicyclic) bond motifs is 1. The van der Waals surface area contributed by atoms with Gasteiger partial charge in [-0.3, -0.25) is 4.98 Å². The number of rotatable bonds is 0. The monoisotopic (exact) mass is 229 g/mol. The number of halogens is 1. The van der Waals surface area contributed by atoms with Gasteiger partial charge >= 0.3 is 5.69 Å². The number of nitrogens with zero attached hydrogens (tertiary/aromatic N) is 3. The lowest BCUT2D eigenvalue weighted by molar-refractivity contribution is 0.889. The maximum atomic E-state index is 10.8. The first kappa shape index (κ1) is 7.29. The molecule has 0 spiro atoms. The van der Waals surface area contributed by atoms with Gasteiger partial charge in [0.15, 0.2) is 5.65 Å². The van der Waals surface area contributed by atoms with Crippen LogP contribution in [0.2, 0.25) is 0 Å². The molecule has 0 aliphatic rings. The Labute approximate surface area is 74.5 Å². The molecule has 6 nitrogen and oxygen atoms in total. The van der Waals surface area contributed by atoms with Crippen LogP contribution in [-0.2, 0) is 0 Å². The minimum Gasteiger partial charge on any atom is -0.368 e. The number of H-pyrrole nitrogens is 1. The summed E-state index contributed by atoms with van der Waals surface area (Å²) in [7, 11) is 0. The van der Waals surface area contributed by atoms with E-state index in [1.165, 1.54) is 10.7 Å². The van der Waals surface area contributed by atoms with Crippen LogP contribution in [0.25, 0.3) is 5.65 Å². The van der Waals surface area contributed by atoms with Crippen molar-refractivity contribution < 1.29 is 0 Å². The average molecular weight is 230 g/mol. The molecular formula is C5H4BrN5O. The molecule has 2 heterocycles. The van der Waals surface area contributed by atoms with Crippen LogP contribution in [-0.4, -0.2) is 19.6 Å². The van der Waals surface area contributed by atoms with Crippen molar-refractivity contribution in [1.29, 1.82) is 0 Å². The van der Waals surface area contributed by atoms with E-state index >= 15 is 0 Å². The van der Waals surface area contributed by atoms with Crippen molar-refractivity contribution in [1.82, 2.24) is 19.6 Å². The Morgan fingerprint density at radius 3 is 3.17 bits per heavy atom. The summed E-state index contributed by atoms with van der Waals surface area (Å²) in [6.45, 7) is 0. The molecule has 0 atom stereocenters. The number of nitrogens with two attached hydrogens (primary N) is 1. The zero-order chi connectivity index (χ0) is 8.72. The topological polar surface area (TPSA) is 89.1 Å². The first-order valence-electron chi connectivity index (χ1n) is 3.07. The number of hydrogen-bond donors (Lipinski definition) is 2. The van der Waals surface area contributed by atoms with Crippen molar-refractivity contribution in [2.24, 2.45) is 0 Å². The summed E-state index contributed by atoms with van der Waals surface area (Å²) in [5.41, 5.74) is 5.44. The number of nitrogens with one attached hydrogen (secondary N) is 1. The molecule has 0 saturated heterocycles. The Hall–Kier alpha value is -1.37. The molecule has 2 aromatic heterocycles. The molecule has 0 aromatic carbocycles. The molecule has 0 amide bonds. The maximum absolute atomic E-state index is 10.8. The van der Waals surface area contributed by atoms with E-state index in [-0.39, 0.29) is 5.95 Å². The molecule has 62 valence electrons. The molecule has 0 aliphatic carbocycles. The number of hydrogen-bond acceptors (Lipinski definition) is 4. The SMILES string of the molecule is Nc1nc(=O)[nH]c2c(Br)cnn12. The van der Waals surface area contributed by atoms with Gasteiger partial charge in [0.2, 0.25) is 5.95 Å². The van der Waals surface area contributed by atoms with E-state index in [9.17, 15) is 4.79 Å². The largest absolute Gasteiger partial charge is 0.368 e. The van der Waals surface area contributed by atoms with Crippen molar-refractivity contribution >= 4 is 27.5 Å². The van der Waals surface area contributed by atoms with Crippen LogP contribution >= 0.6 is 15.9 Å². The Balaban J connectivity index is 3.02. The molecule has 7 heteroatoms. The fourth-order valence-electron chi connectivity index (χ4n) is 0.895. The molecule has 0 radical (unpaired) electrons. The fraction of sp³-hybridized carbons (Fsp3) is 0. The molecule has 0 bridgehead atoms. The molecule has 0 unspecified atom stereocenters. The van der Waals surface area contributed by atoms with Crippen LogP contribution in [0.1, 0.15) is 0 Å². The van der Waals surface area contributed by atoms with Gasteiger partial charge in [0, 0.05) is 0 Å². The average Bonchev–Trinajstić information content (AvgIpc) is 2.33. The van der Waals surface area contributed by atoms with E-state index in [2.05, 4.69) is 31.0 Å². The van der Waals surface area contributed by atoms with Crippen molar-refractivity contribution in [2.75, 3.05) is 5.73 Å². The summed E-state index contributed by atoms with van der Waals surface area (Å²) >= 11 is 3.20. The van der Waals surface area contributed by atoms with Crippen molar-refractivity contribution in [3.63, 3.8) is 0 Å². The van der Waals surface area contributed by atoms with Gasteiger partial charge in [-0.1, -0.05) is 0 Å². The van der Waals surface area contributed by atoms with Gasteiger partial charge in [0.1, 0.15) is 0 Å². The van der Waals surface area contributed by atoms with Crippen molar-refractivity contribution in [3.05, 3.63) is 21.2 Å². The number of nitrogen functional groups attached to an aromatic ring is 1. The summed E-state index contributed by atoms with van der Waals surface area (Å²) < 4.78 is 2.01. The fourth-order valence-corrected chi connectivity index (χ4v) is 1.25. The minimum absolute atomic E-state index is 0.0689. The molecule has 0 saturated carbocycles. The van der Waals surface area contributed by atoms with Crippen LogP contribution in [0.15, 0.2) is 15.5 Å². The zero-order valence-corrected chi connectivity index (χ0v) is 7.37. The van der Waals surface area contributed by atoms with Gasteiger partial charge in [-0.2, -0.15) is 14.6 Å². The van der Waals surface area contributed by atoms with E-state index in [4.69, 9.17) is 5.73 Å². The maximum Gasteiger partial charge on any atom is 0.349 e. The summed E-state index contributed by atoms with van der Waals surface area (Å²) in [4.78, 5) is 16.8. The third kappa shape index (κ3) is 0.900. The van der Waals surface area contributed by atoms with Gasteiger partial charge in [-0.05, 0) is 15.9 Å². The third-order valence-electron chi connectivity index (χ3n) is 1.38. The van der Waals surface area contributed by atoms with E-state index in [0.29, 0.717) is 10.1 Å². The van der Waals surface area contributed by atoms with Crippen LogP contribution in [0.3, 0.4) is 0 Å². The molecular weight excluding hydrogens is 226 g/mol. The predicted molar refractivity (Wildman–Crippen MR) is 45.7 cm³/mol. The Morgan fingerprint density at radius 1 is 1.67 bits per heavy atom. The van der Waals surface area contributed by atoms with E-state index in [0.717, 1.165) is 0 Å². The molecule has 0 fully saturated rings. The number of aromatic nitrogens is 4. The standard InChI is InChI=1S/C5H4BrN5O/c6-2-1-8-11-3(2)9-5(12)10-4(11)7/h1H,(H3,7,9,10,12). The van der Waals surface area contributed by atoms with E-state index in [1.807, 2.05) is 0 Å². The van der Waals surface area contributed by atoms with Crippen LogP contribution in [0.5, 0.6) is 0 Å². The highest BCUT2D eigenvalue weighted by Gasteiger charge is 2.04. The predicted octanol–water partition coefficient (Wildman–Crippen LogP) is -0.238. The second-order valence-electron chi connectivity index (χ2n) is 2.15. The molecule has 2 rings (SSSR count). The highest BCUT2D eigenvalue weighted by atomic mass is 79.9. The summed E-state index contributed by atoms with van der Waals surface area (Å²) in [5, 5.41) is 3.87. The molecule has 0 aliphatic heterocycles. The van der Waals surface area contributed by atoms with Crippen LogP contribution in [0.4, 0.5) is 5.95 Å². The third-order valence-corrected chi connectivity index (χ3v) is 1.96. The van der Waals surface area contributed by atoms with Crippen LogP contribution in [0, 0.1) is 0 Å². The highest BCUT2D eigenvalue weighted by Crippen LogP contribution is 2.14. The molecule has 2 aromatic rings. The number of aromatic amines is 1. The van der Waals surface area contributed by atoms with E-state index in [1.54, 1.807) is 0 Å². The lowest BCUT2D eigenvalue weighted by Crippen LogP contribution is -2.16. The molecule has 12 heavy (non-hydrogen) atoms. The van der Waals surface area contributed by atoms with Gasteiger partial charge < -0.3 is 5.73 Å². The van der Waals surface area contributed by atoms with Gasteiger partial charge in [0.25, 0.3) is 0 Å². The summed E-state index contributed by atoms with van der Waals surface area (Å²) in [6.07, 6.45) is 1.53. The normalized spacial score (nSPS) is 10.8. The van der Waals surface area contributed by atoms with Gasteiger partial charge in [-0.25, -0.2) is 4.79 Å². The Bertz CT molecular complexity index is 486. The Kier molecular flexibility index (Phi) is 1.40. The van der Waals surface area contributed by atoms with Gasteiger partial charge in [0.05, 0.1) is 10.7 Å². The molecule has 3 N–H and O–H groups in total. The minimum atomic E-state index is -0.485.